The Balaban J connectivity index is 2.27. The summed E-state index contributed by atoms with van der Waals surface area (Å²) >= 11 is 0. The Morgan fingerprint density at radius 2 is 1.85 bits per heavy atom. The third-order valence-corrected chi connectivity index (χ3v) is 3.19. The van der Waals surface area contributed by atoms with Crippen LogP contribution in [-0.4, -0.2) is 29.3 Å². The van der Waals surface area contributed by atoms with Crippen LogP contribution in [0.5, 0.6) is 0 Å². The van der Waals surface area contributed by atoms with Crippen LogP contribution in [0.15, 0.2) is 24.3 Å². The first-order valence-electron chi connectivity index (χ1n) is 6.46. The minimum atomic E-state index is -1.09. The van der Waals surface area contributed by atoms with Gasteiger partial charge in [0.1, 0.15) is 11.7 Å². The predicted octanol–water partition coefficient (Wildman–Crippen LogP) is 1.79. The summed E-state index contributed by atoms with van der Waals surface area (Å²) in [4.78, 5) is 36.8. The zero-order valence-electron chi connectivity index (χ0n) is 11.1. The molecule has 1 unspecified atom stereocenters. The van der Waals surface area contributed by atoms with Crippen molar-refractivity contribution < 1.29 is 18.8 Å². The van der Waals surface area contributed by atoms with Gasteiger partial charge in [0.15, 0.2) is 0 Å². The first-order chi connectivity index (χ1) is 9.54. The van der Waals surface area contributed by atoms with Crippen LogP contribution in [0.1, 0.15) is 31.2 Å². The van der Waals surface area contributed by atoms with E-state index in [-0.39, 0.29) is 6.54 Å². The molecule has 1 atom stereocenters. The van der Waals surface area contributed by atoms with Crippen LogP contribution in [0.4, 0.5) is 9.18 Å². The molecule has 0 aromatic heterocycles. The van der Waals surface area contributed by atoms with Crippen molar-refractivity contribution in [2.45, 2.75) is 25.7 Å². The molecule has 0 saturated carbocycles. The zero-order chi connectivity index (χ0) is 14.7. The van der Waals surface area contributed by atoms with Crippen LogP contribution in [0.25, 0.3) is 0 Å². The molecule has 0 spiro atoms. The molecule has 106 valence electrons. The van der Waals surface area contributed by atoms with E-state index < -0.39 is 29.6 Å². The monoisotopic (exact) mass is 278 g/mol. The number of rotatable bonds is 4. The first-order valence-corrected chi connectivity index (χ1v) is 6.46. The summed E-state index contributed by atoms with van der Waals surface area (Å²) in [6, 6.07) is 4.44. The Labute approximate surface area is 115 Å². The maximum absolute atomic E-state index is 12.9. The van der Waals surface area contributed by atoms with Crippen LogP contribution >= 0.6 is 0 Å². The quantitative estimate of drug-likeness (QED) is 0.854. The number of hydrogen-bond donors (Lipinski definition) is 1. The molecule has 1 aliphatic heterocycles. The van der Waals surface area contributed by atoms with Gasteiger partial charge in [-0.2, -0.15) is 0 Å². The van der Waals surface area contributed by atoms with Crippen LogP contribution in [0, 0.1) is 5.82 Å². The van der Waals surface area contributed by atoms with Gasteiger partial charge in [0.05, 0.1) is 0 Å². The Hall–Kier alpha value is -2.24. The molecule has 20 heavy (non-hydrogen) atoms. The molecular weight excluding hydrogens is 263 g/mol. The number of barbiturate groups is 1. The topological polar surface area (TPSA) is 66.5 Å². The van der Waals surface area contributed by atoms with E-state index in [9.17, 15) is 18.8 Å². The number of hydrogen-bond acceptors (Lipinski definition) is 3. The highest BCUT2D eigenvalue weighted by molar-refractivity contribution is 6.19. The fourth-order valence-electron chi connectivity index (χ4n) is 2.09. The molecule has 1 aliphatic rings. The summed E-state index contributed by atoms with van der Waals surface area (Å²) in [5, 5.41) is 2.17. The molecule has 1 N–H and O–H groups in total. The minimum absolute atomic E-state index is 0.270. The molecule has 1 saturated heterocycles. The van der Waals surface area contributed by atoms with E-state index in [1.54, 1.807) is 0 Å². The standard InChI is InChI=1S/C14H15FN2O3/c1-2-3-8-17-13(19)11(12(18)16-14(17)20)9-4-6-10(15)7-5-9/h4-7,11H,2-3,8H2,1H3,(H,16,18,20). The van der Waals surface area contributed by atoms with E-state index in [2.05, 4.69) is 5.32 Å². The van der Waals surface area contributed by atoms with Gasteiger partial charge in [-0.1, -0.05) is 25.5 Å². The lowest BCUT2D eigenvalue weighted by atomic mass is 9.95. The Morgan fingerprint density at radius 3 is 2.45 bits per heavy atom. The average molecular weight is 278 g/mol. The second kappa shape index (κ2) is 5.81. The number of amides is 4. The minimum Gasteiger partial charge on any atom is -0.277 e. The van der Waals surface area contributed by atoms with E-state index in [0.29, 0.717) is 12.0 Å². The predicted molar refractivity (Wildman–Crippen MR) is 69.3 cm³/mol. The van der Waals surface area contributed by atoms with Crippen LogP contribution in [-0.2, 0) is 9.59 Å². The van der Waals surface area contributed by atoms with Crippen molar-refractivity contribution in [1.29, 1.82) is 0 Å². The lowest BCUT2D eigenvalue weighted by Crippen LogP contribution is -2.56. The second-order valence-electron chi connectivity index (χ2n) is 4.62. The van der Waals surface area contributed by atoms with Gasteiger partial charge in [-0.15, -0.1) is 0 Å². The summed E-state index contributed by atoms with van der Waals surface area (Å²) < 4.78 is 12.9. The Kier molecular flexibility index (Phi) is 4.12. The van der Waals surface area contributed by atoms with Gasteiger partial charge in [-0.3, -0.25) is 19.8 Å². The molecular formula is C14H15FN2O3. The lowest BCUT2D eigenvalue weighted by molar-refractivity contribution is -0.138. The number of carbonyl (C=O) groups excluding carboxylic acids is 3. The van der Waals surface area contributed by atoms with E-state index >= 15 is 0 Å². The molecule has 0 bridgehead atoms. The number of nitrogens with one attached hydrogen (secondary N) is 1. The van der Waals surface area contributed by atoms with Crippen LogP contribution in [0.3, 0.4) is 0 Å². The van der Waals surface area contributed by atoms with Crippen molar-refractivity contribution in [1.82, 2.24) is 10.2 Å². The van der Waals surface area contributed by atoms with E-state index in [1.165, 1.54) is 24.3 Å². The number of urea groups is 1. The van der Waals surface area contributed by atoms with Gasteiger partial charge >= 0.3 is 6.03 Å². The molecule has 0 radical (unpaired) electrons. The van der Waals surface area contributed by atoms with Crippen molar-refractivity contribution in [2.75, 3.05) is 6.54 Å². The maximum Gasteiger partial charge on any atom is 0.330 e. The highest BCUT2D eigenvalue weighted by Gasteiger charge is 2.40. The number of carbonyl (C=O) groups is 3. The van der Waals surface area contributed by atoms with Crippen molar-refractivity contribution in [3.05, 3.63) is 35.6 Å². The molecule has 2 rings (SSSR count). The Bertz CT molecular complexity index is 542. The number of nitrogens with zero attached hydrogens (tertiary/aromatic N) is 1. The summed E-state index contributed by atoms with van der Waals surface area (Å²) in [6.07, 6.45) is 1.50. The SMILES string of the molecule is CCCCN1C(=O)NC(=O)C(c2ccc(F)cc2)C1=O. The summed E-state index contributed by atoms with van der Waals surface area (Å²) in [6.45, 7) is 2.21. The smallest absolute Gasteiger partial charge is 0.277 e. The molecule has 1 fully saturated rings. The molecule has 0 aliphatic carbocycles. The molecule has 1 aromatic carbocycles. The van der Waals surface area contributed by atoms with Crippen molar-refractivity contribution >= 4 is 17.8 Å². The van der Waals surface area contributed by atoms with Crippen molar-refractivity contribution in [2.24, 2.45) is 0 Å². The van der Waals surface area contributed by atoms with Crippen molar-refractivity contribution in [3.8, 4) is 0 Å². The molecule has 1 heterocycles. The fourth-order valence-corrected chi connectivity index (χ4v) is 2.09. The van der Waals surface area contributed by atoms with Gasteiger partial charge in [-0.05, 0) is 24.1 Å². The summed E-state index contributed by atoms with van der Waals surface area (Å²) in [7, 11) is 0. The van der Waals surface area contributed by atoms with E-state index in [0.717, 1.165) is 11.3 Å². The molecule has 4 amide bonds. The van der Waals surface area contributed by atoms with Gasteiger partial charge in [0, 0.05) is 6.54 Å². The first kappa shape index (κ1) is 14.2. The third kappa shape index (κ3) is 2.68. The molecule has 1 aromatic rings. The second-order valence-corrected chi connectivity index (χ2v) is 4.62. The maximum atomic E-state index is 12.9. The number of unbranched alkanes of at least 4 members (excludes halogenated alkanes) is 1. The molecule has 6 heteroatoms. The lowest BCUT2D eigenvalue weighted by Gasteiger charge is -2.30. The van der Waals surface area contributed by atoms with Gasteiger partial charge < -0.3 is 0 Å². The largest absolute Gasteiger partial charge is 0.330 e. The average Bonchev–Trinajstić information content (AvgIpc) is 2.40. The van der Waals surface area contributed by atoms with Crippen molar-refractivity contribution in [3.63, 3.8) is 0 Å². The summed E-state index contributed by atoms with van der Waals surface area (Å²) in [5.74, 6) is -2.76. The fraction of sp³-hybridized carbons (Fsp3) is 0.357. The van der Waals surface area contributed by atoms with E-state index in [4.69, 9.17) is 0 Å². The van der Waals surface area contributed by atoms with Gasteiger partial charge in [-0.25, -0.2) is 9.18 Å². The highest BCUT2D eigenvalue weighted by atomic mass is 19.1. The highest BCUT2D eigenvalue weighted by Crippen LogP contribution is 2.23. The normalized spacial score (nSPS) is 19.2. The molecule has 5 nitrogen and oxygen atoms in total. The number of halogens is 1. The number of imide groups is 2. The zero-order valence-corrected chi connectivity index (χ0v) is 11.1. The third-order valence-electron chi connectivity index (χ3n) is 3.19. The number of benzene rings is 1. The van der Waals surface area contributed by atoms with Crippen LogP contribution in [0.2, 0.25) is 0 Å². The Morgan fingerprint density at radius 1 is 1.20 bits per heavy atom. The summed E-state index contributed by atoms with van der Waals surface area (Å²) in [5.41, 5.74) is 0.378. The van der Waals surface area contributed by atoms with Gasteiger partial charge in [0.25, 0.3) is 0 Å². The van der Waals surface area contributed by atoms with Crippen LogP contribution < -0.4 is 5.32 Å². The van der Waals surface area contributed by atoms with E-state index in [1.807, 2.05) is 6.92 Å². The van der Waals surface area contributed by atoms with Gasteiger partial charge in [0.2, 0.25) is 11.8 Å².